The van der Waals surface area contributed by atoms with Crippen LogP contribution in [-0.2, 0) is 17.8 Å². The molecule has 0 atom stereocenters. The second-order valence-electron chi connectivity index (χ2n) is 5.13. The van der Waals surface area contributed by atoms with Gasteiger partial charge in [-0.05, 0) is 30.2 Å². The van der Waals surface area contributed by atoms with E-state index in [-0.39, 0.29) is 5.91 Å². The van der Waals surface area contributed by atoms with E-state index in [1.807, 2.05) is 35.1 Å². The highest BCUT2D eigenvalue weighted by Crippen LogP contribution is 2.30. The lowest BCUT2D eigenvalue weighted by molar-refractivity contribution is -0.120. The van der Waals surface area contributed by atoms with E-state index in [9.17, 15) is 4.79 Å². The van der Waals surface area contributed by atoms with Crippen molar-refractivity contribution in [1.29, 1.82) is 0 Å². The lowest BCUT2D eigenvalue weighted by Crippen LogP contribution is -2.27. The van der Waals surface area contributed by atoms with Crippen molar-refractivity contribution in [2.75, 3.05) is 19.8 Å². The van der Waals surface area contributed by atoms with Crippen LogP contribution >= 0.6 is 0 Å². The quantitative estimate of drug-likeness (QED) is 0.819. The minimum Gasteiger partial charge on any atom is -0.486 e. The molecule has 2 aromatic rings. The Balaban J connectivity index is 1.43. The van der Waals surface area contributed by atoms with Gasteiger partial charge in [-0.2, -0.15) is 5.10 Å². The number of rotatable bonds is 6. The largest absolute Gasteiger partial charge is 0.486 e. The van der Waals surface area contributed by atoms with Crippen molar-refractivity contribution in [3.63, 3.8) is 0 Å². The summed E-state index contributed by atoms with van der Waals surface area (Å²) < 4.78 is 12.8. The molecule has 6 nitrogen and oxygen atoms in total. The van der Waals surface area contributed by atoms with Crippen molar-refractivity contribution in [2.45, 2.75) is 19.4 Å². The first-order valence-corrected chi connectivity index (χ1v) is 7.44. The first-order valence-electron chi connectivity index (χ1n) is 7.44. The minimum absolute atomic E-state index is 0.0112. The van der Waals surface area contributed by atoms with E-state index in [0.717, 1.165) is 30.0 Å². The first kappa shape index (κ1) is 14.4. The predicted octanol–water partition coefficient (Wildman–Crippen LogP) is 1.40. The summed E-state index contributed by atoms with van der Waals surface area (Å²) >= 11 is 0. The van der Waals surface area contributed by atoms with Crippen molar-refractivity contribution in [3.8, 4) is 11.5 Å². The third kappa shape index (κ3) is 3.78. The maximum atomic E-state index is 11.9. The fraction of sp³-hybridized carbons (Fsp3) is 0.375. The maximum Gasteiger partial charge on any atom is 0.224 e. The van der Waals surface area contributed by atoms with Crippen LogP contribution in [0.3, 0.4) is 0 Å². The van der Waals surface area contributed by atoms with E-state index in [1.54, 1.807) is 6.20 Å². The van der Waals surface area contributed by atoms with Gasteiger partial charge in [-0.15, -0.1) is 0 Å². The number of hydrogen-bond donors (Lipinski definition) is 1. The Labute approximate surface area is 129 Å². The Morgan fingerprint density at radius 2 is 2.14 bits per heavy atom. The maximum absolute atomic E-state index is 11.9. The molecule has 0 aliphatic carbocycles. The molecule has 1 aliphatic rings. The van der Waals surface area contributed by atoms with Crippen LogP contribution in [0.2, 0.25) is 0 Å². The fourth-order valence-electron chi connectivity index (χ4n) is 2.35. The third-order valence-electron chi connectivity index (χ3n) is 3.42. The first-order chi connectivity index (χ1) is 10.8. The van der Waals surface area contributed by atoms with E-state index in [2.05, 4.69) is 10.4 Å². The highest BCUT2D eigenvalue weighted by Gasteiger charge is 2.12. The average Bonchev–Trinajstić information content (AvgIpc) is 3.05. The van der Waals surface area contributed by atoms with Crippen molar-refractivity contribution in [3.05, 3.63) is 42.2 Å². The molecule has 22 heavy (non-hydrogen) atoms. The van der Waals surface area contributed by atoms with Crippen LogP contribution in [0.25, 0.3) is 0 Å². The van der Waals surface area contributed by atoms with Crippen LogP contribution in [-0.4, -0.2) is 35.4 Å². The zero-order valence-corrected chi connectivity index (χ0v) is 12.3. The molecule has 1 aliphatic heterocycles. The van der Waals surface area contributed by atoms with Gasteiger partial charge < -0.3 is 14.8 Å². The lowest BCUT2D eigenvalue weighted by atomic mass is 10.1. The molecule has 3 rings (SSSR count). The van der Waals surface area contributed by atoms with Gasteiger partial charge in [0, 0.05) is 25.5 Å². The van der Waals surface area contributed by atoms with E-state index in [4.69, 9.17) is 9.47 Å². The number of carbonyl (C=O) groups is 1. The van der Waals surface area contributed by atoms with E-state index in [0.29, 0.717) is 26.2 Å². The topological polar surface area (TPSA) is 65.4 Å². The Morgan fingerprint density at radius 1 is 1.27 bits per heavy atom. The van der Waals surface area contributed by atoms with Crippen LogP contribution < -0.4 is 14.8 Å². The Kier molecular flexibility index (Phi) is 4.58. The third-order valence-corrected chi connectivity index (χ3v) is 3.42. The molecule has 1 aromatic heterocycles. The molecular formula is C16H19N3O3. The second kappa shape index (κ2) is 6.98. The minimum atomic E-state index is 0.0112. The SMILES string of the molecule is O=C(Cc1ccc2c(c1)OCCO2)NCCCn1cccn1. The number of nitrogens with one attached hydrogen (secondary N) is 1. The molecule has 0 radical (unpaired) electrons. The van der Waals surface area contributed by atoms with Gasteiger partial charge in [-0.1, -0.05) is 6.07 Å². The van der Waals surface area contributed by atoms with E-state index >= 15 is 0 Å². The number of aryl methyl sites for hydroxylation is 1. The van der Waals surface area contributed by atoms with E-state index < -0.39 is 0 Å². The van der Waals surface area contributed by atoms with E-state index in [1.165, 1.54) is 0 Å². The monoisotopic (exact) mass is 301 g/mol. The molecule has 0 spiro atoms. The van der Waals surface area contributed by atoms with Gasteiger partial charge in [0.15, 0.2) is 11.5 Å². The standard InChI is InChI=1S/C16H19N3O3/c20-16(17-5-1-7-19-8-2-6-18-19)12-13-3-4-14-15(11-13)22-10-9-21-14/h2-4,6,8,11H,1,5,7,9-10,12H2,(H,17,20). The normalized spacial score (nSPS) is 12.9. The summed E-state index contributed by atoms with van der Waals surface area (Å²) in [4.78, 5) is 11.9. The van der Waals surface area contributed by atoms with Gasteiger partial charge in [0.2, 0.25) is 5.91 Å². The Hall–Kier alpha value is -2.50. The van der Waals surface area contributed by atoms with Gasteiger partial charge in [-0.3, -0.25) is 9.48 Å². The van der Waals surface area contributed by atoms with Crippen LogP contribution in [0.5, 0.6) is 11.5 Å². The molecule has 0 unspecified atom stereocenters. The molecule has 1 amide bonds. The molecule has 0 fully saturated rings. The number of amides is 1. The van der Waals surface area contributed by atoms with Gasteiger partial charge in [0.05, 0.1) is 6.42 Å². The lowest BCUT2D eigenvalue weighted by Gasteiger charge is -2.18. The highest BCUT2D eigenvalue weighted by molar-refractivity contribution is 5.78. The summed E-state index contributed by atoms with van der Waals surface area (Å²) in [5, 5.41) is 7.04. The molecule has 0 bridgehead atoms. The highest BCUT2D eigenvalue weighted by atomic mass is 16.6. The molecule has 1 N–H and O–H groups in total. The number of benzene rings is 1. The molecule has 0 saturated heterocycles. The van der Waals surface area contributed by atoms with Crippen LogP contribution in [0, 0.1) is 0 Å². The number of hydrogen-bond acceptors (Lipinski definition) is 4. The average molecular weight is 301 g/mol. The summed E-state index contributed by atoms with van der Waals surface area (Å²) in [6.07, 6.45) is 4.87. The van der Waals surface area contributed by atoms with Gasteiger partial charge in [-0.25, -0.2) is 0 Å². The zero-order chi connectivity index (χ0) is 15.2. The second-order valence-corrected chi connectivity index (χ2v) is 5.13. The van der Waals surface area contributed by atoms with Crippen LogP contribution in [0.4, 0.5) is 0 Å². The van der Waals surface area contributed by atoms with Crippen LogP contribution in [0.15, 0.2) is 36.7 Å². The summed E-state index contributed by atoms with van der Waals surface area (Å²) in [5.41, 5.74) is 0.925. The Morgan fingerprint density at radius 3 is 2.95 bits per heavy atom. The molecule has 0 saturated carbocycles. The van der Waals surface area contributed by atoms with Crippen molar-refractivity contribution < 1.29 is 14.3 Å². The number of fused-ring (bicyclic) bond motifs is 1. The Bertz CT molecular complexity index is 626. The molecular weight excluding hydrogens is 282 g/mol. The number of ether oxygens (including phenoxy) is 2. The number of nitrogens with zero attached hydrogens (tertiary/aromatic N) is 2. The number of carbonyl (C=O) groups excluding carboxylic acids is 1. The molecule has 2 heterocycles. The number of aromatic nitrogens is 2. The summed E-state index contributed by atoms with van der Waals surface area (Å²) in [7, 11) is 0. The molecule has 1 aromatic carbocycles. The predicted molar refractivity (Wildman–Crippen MR) is 81.0 cm³/mol. The van der Waals surface area contributed by atoms with Crippen molar-refractivity contribution >= 4 is 5.91 Å². The smallest absolute Gasteiger partial charge is 0.224 e. The molecule has 116 valence electrons. The molecule has 6 heteroatoms. The summed E-state index contributed by atoms with van der Waals surface area (Å²) in [5.74, 6) is 1.47. The van der Waals surface area contributed by atoms with Crippen LogP contribution in [0.1, 0.15) is 12.0 Å². The summed E-state index contributed by atoms with van der Waals surface area (Å²) in [6.45, 7) is 2.57. The fourth-order valence-corrected chi connectivity index (χ4v) is 2.35. The van der Waals surface area contributed by atoms with Crippen molar-refractivity contribution in [1.82, 2.24) is 15.1 Å². The van der Waals surface area contributed by atoms with Gasteiger partial charge in [0.25, 0.3) is 0 Å². The van der Waals surface area contributed by atoms with Crippen molar-refractivity contribution in [2.24, 2.45) is 0 Å². The van der Waals surface area contributed by atoms with Gasteiger partial charge >= 0.3 is 0 Å². The summed E-state index contributed by atoms with van der Waals surface area (Å²) in [6, 6.07) is 7.52. The zero-order valence-electron chi connectivity index (χ0n) is 12.3. The van der Waals surface area contributed by atoms with Gasteiger partial charge in [0.1, 0.15) is 13.2 Å².